The van der Waals surface area contributed by atoms with Crippen molar-refractivity contribution in [2.45, 2.75) is 30.7 Å². The minimum absolute atomic E-state index is 0.123. The number of aryl methyl sites for hydroxylation is 1. The van der Waals surface area contributed by atoms with Gasteiger partial charge in [0.1, 0.15) is 0 Å². The lowest BCUT2D eigenvalue weighted by molar-refractivity contribution is 0.570. The van der Waals surface area contributed by atoms with E-state index < -0.39 is 20.0 Å². The number of rotatable bonds is 7. The Morgan fingerprint density at radius 1 is 1.15 bits per heavy atom. The SMILES string of the molecule is O=S(=O)(NCCCn1ccnc1)c1ccc(N2CCCCS2(=O)=O)cc1. The Labute approximate surface area is 154 Å². The van der Waals surface area contributed by atoms with Crippen molar-refractivity contribution in [2.24, 2.45) is 0 Å². The van der Waals surface area contributed by atoms with Crippen molar-refractivity contribution in [3.63, 3.8) is 0 Å². The third-order valence-corrected chi connectivity index (χ3v) is 7.58. The smallest absolute Gasteiger partial charge is 0.240 e. The van der Waals surface area contributed by atoms with E-state index in [0.717, 1.165) is 6.42 Å². The first kappa shape index (κ1) is 18.9. The topological polar surface area (TPSA) is 101 Å². The molecule has 26 heavy (non-hydrogen) atoms. The molecule has 0 amide bonds. The molecular formula is C16H22N4O4S2. The highest BCUT2D eigenvalue weighted by atomic mass is 32.2. The largest absolute Gasteiger partial charge is 0.337 e. The van der Waals surface area contributed by atoms with E-state index in [1.807, 2.05) is 10.8 Å². The van der Waals surface area contributed by atoms with Crippen LogP contribution in [0.4, 0.5) is 5.69 Å². The minimum atomic E-state index is -3.62. The van der Waals surface area contributed by atoms with Crippen LogP contribution in [0.1, 0.15) is 19.3 Å². The summed E-state index contributed by atoms with van der Waals surface area (Å²) in [6, 6.07) is 5.97. The maximum Gasteiger partial charge on any atom is 0.240 e. The maximum absolute atomic E-state index is 12.3. The fourth-order valence-corrected chi connectivity index (χ4v) is 5.55. The van der Waals surface area contributed by atoms with Crippen molar-refractivity contribution in [2.75, 3.05) is 23.1 Å². The van der Waals surface area contributed by atoms with Crippen LogP contribution in [0.2, 0.25) is 0 Å². The number of nitrogens with zero attached hydrogens (tertiary/aromatic N) is 3. The average Bonchev–Trinajstić information content (AvgIpc) is 3.12. The minimum Gasteiger partial charge on any atom is -0.337 e. The monoisotopic (exact) mass is 398 g/mol. The standard InChI is InChI=1S/C16H22N4O4S2/c21-25(22)13-2-1-11-20(25)15-4-6-16(7-5-15)26(23,24)18-8-3-10-19-12-9-17-14-19/h4-7,9,12,14,18H,1-3,8,10-11,13H2. The van der Waals surface area contributed by atoms with Crippen molar-refractivity contribution in [1.29, 1.82) is 0 Å². The zero-order valence-electron chi connectivity index (χ0n) is 14.3. The highest BCUT2D eigenvalue weighted by Crippen LogP contribution is 2.24. The van der Waals surface area contributed by atoms with Gasteiger partial charge in [-0.3, -0.25) is 4.31 Å². The number of imidazole rings is 1. The van der Waals surface area contributed by atoms with Gasteiger partial charge in [-0.2, -0.15) is 0 Å². The number of hydrogen-bond donors (Lipinski definition) is 1. The summed E-state index contributed by atoms with van der Waals surface area (Å²) < 4.78 is 54.7. The molecule has 10 heteroatoms. The van der Waals surface area contributed by atoms with Crippen LogP contribution in [0, 0.1) is 0 Å². The summed E-state index contributed by atoms with van der Waals surface area (Å²) in [6.07, 6.45) is 7.28. The molecule has 1 N–H and O–H groups in total. The summed E-state index contributed by atoms with van der Waals surface area (Å²) in [6.45, 7) is 1.41. The molecular weight excluding hydrogens is 376 g/mol. The number of benzene rings is 1. The quantitative estimate of drug-likeness (QED) is 0.706. The van der Waals surface area contributed by atoms with Crippen molar-refractivity contribution in [1.82, 2.24) is 14.3 Å². The molecule has 2 aromatic rings. The van der Waals surface area contributed by atoms with Crippen LogP contribution in [0.15, 0.2) is 47.9 Å². The molecule has 1 aromatic heterocycles. The zero-order chi connectivity index (χ0) is 18.6. The third-order valence-electron chi connectivity index (χ3n) is 4.23. The summed E-state index contributed by atoms with van der Waals surface area (Å²) in [5, 5.41) is 0. The lowest BCUT2D eigenvalue weighted by Gasteiger charge is -2.28. The van der Waals surface area contributed by atoms with Crippen LogP contribution in [-0.2, 0) is 26.6 Å². The molecule has 0 unspecified atom stereocenters. The summed E-state index contributed by atoms with van der Waals surface area (Å²) >= 11 is 0. The molecule has 0 spiro atoms. The zero-order valence-corrected chi connectivity index (χ0v) is 15.9. The van der Waals surface area contributed by atoms with Gasteiger partial charge < -0.3 is 4.57 Å². The van der Waals surface area contributed by atoms with Gasteiger partial charge >= 0.3 is 0 Å². The summed E-state index contributed by atoms with van der Waals surface area (Å²) in [7, 11) is -6.92. The Morgan fingerprint density at radius 2 is 1.92 bits per heavy atom. The molecule has 0 aliphatic carbocycles. The van der Waals surface area contributed by atoms with E-state index in [0.29, 0.717) is 38.2 Å². The van der Waals surface area contributed by atoms with Gasteiger partial charge in [-0.1, -0.05) is 0 Å². The molecule has 1 aliphatic rings. The number of hydrogen-bond acceptors (Lipinski definition) is 5. The average molecular weight is 399 g/mol. The molecule has 3 rings (SSSR count). The lowest BCUT2D eigenvalue weighted by Crippen LogP contribution is -2.37. The van der Waals surface area contributed by atoms with Crippen LogP contribution in [0.5, 0.6) is 0 Å². The maximum atomic E-state index is 12.3. The van der Waals surface area contributed by atoms with Gasteiger partial charge in [-0.25, -0.2) is 26.5 Å². The third kappa shape index (κ3) is 4.43. The predicted octanol–water partition coefficient (Wildman–Crippen LogP) is 1.18. The molecule has 1 aromatic carbocycles. The van der Waals surface area contributed by atoms with Crippen molar-refractivity contribution >= 4 is 25.7 Å². The van der Waals surface area contributed by atoms with E-state index in [4.69, 9.17) is 0 Å². The second-order valence-corrected chi connectivity index (χ2v) is 9.92. The van der Waals surface area contributed by atoms with Gasteiger partial charge in [0, 0.05) is 32.0 Å². The molecule has 1 saturated heterocycles. The molecule has 0 saturated carbocycles. The van der Waals surface area contributed by atoms with E-state index >= 15 is 0 Å². The Balaban J connectivity index is 1.61. The fourth-order valence-electron chi connectivity index (χ4n) is 2.84. The Kier molecular flexibility index (Phi) is 5.64. The van der Waals surface area contributed by atoms with Crippen LogP contribution < -0.4 is 9.03 Å². The first-order valence-electron chi connectivity index (χ1n) is 8.44. The summed E-state index contributed by atoms with van der Waals surface area (Å²) in [5.74, 6) is 0.130. The number of nitrogens with one attached hydrogen (secondary N) is 1. The van der Waals surface area contributed by atoms with Crippen LogP contribution in [0.25, 0.3) is 0 Å². The second-order valence-electron chi connectivity index (χ2n) is 6.14. The first-order chi connectivity index (χ1) is 12.4. The molecule has 0 bridgehead atoms. The fraction of sp³-hybridized carbons (Fsp3) is 0.438. The normalized spacial score (nSPS) is 17.3. The lowest BCUT2D eigenvalue weighted by atomic mass is 10.3. The Bertz CT molecular complexity index is 923. The van der Waals surface area contributed by atoms with E-state index in [1.54, 1.807) is 24.7 Å². The number of aromatic nitrogens is 2. The van der Waals surface area contributed by atoms with E-state index in [9.17, 15) is 16.8 Å². The Hall–Kier alpha value is -1.91. The van der Waals surface area contributed by atoms with Gasteiger partial charge in [0.25, 0.3) is 0 Å². The molecule has 142 valence electrons. The highest BCUT2D eigenvalue weighted by Gasteiger charge is 2.26. The Morgan fingerprint density at radius 3 is 2.58 bits per heavy atom. The summed E-state index contributed by atoms with van der Waals surface area (Å²) in [4.78, 5) is 4.06. The number of anilines is 1. The van der Waals surface area contributed by atoms with Crippen molar-refractivity contribution < 1.29 is 16.8 Å². The van der Waals surface area contributed by atoms with Gasteiger partial charge in [0.15, 0.2) is 0 Å². The first-order valence-corrected chi connectivity index (χ1v) is 11.5. The van der Waals surface area contributed by atoms with Crippen LogP contribution >= 0.6 is 0 Å². The van der Waals surface area contributed by atoms with E-state index in [2.05, 4.69) is 9.71 Å². The van der Waals surface area contributed by atoms with E-state index in [1.165, 1.54) is 16.4 Å². The molecule has 2 heterocycles. The van der Waals surface area contributed by atoms with E-state index in [-0.39, 0.29) is 10.6 Å². The molecule has 1 aliphatic heterocycles. The highest BCUT2D eigenvalue weighted by molar-refractivity contribution is 7.92. The van der Waals surface area contributed by atoms with Crippen LogP contribution in [-0.4, -0.2) is 45.2 Å². The molecule has 8 nitrogen and oxygen atoms in total. The second kappa shape index (κ2) is 7.77. The summed E-state index contributed by atoms with van der Waals surface area (Å²) in [5.41, 5.74) is 0.503. The van der Waals surface area contributed by atoms with Crippen molar-refractivity contribution in [3.05, 3.63) is 43.0 Å². The van der Waals surface area contributed by atoms with Gasteiger partial charge in [0.2, 0.25) is 20.0 Å². The molecule has 0 radical (unpaired) electrons. The van der Waals surface area contributed by atoms with Crippen LogP contribution in [0.3, 0.4) is 0 Å². The van der Waals surface area contributed by atoms with Gasteiger partial charge in [-0.15, -0.1) is 0 Å². The predicted molar refractivity (Wildman–Crippen MR) is 98.8 cm³/mol. The van der Waals surface area contributed by atoms with Gasteiger partial charge in [0.05, 0.1) is 22.7 Å². The molecule has 1 fully saturated rings. The van der Waals surface area contributed by atoms with Gasteiger partial charge in [-0.05, 0) is 43.5 Å². The van der Waals surface area contributed by atoms with Crippen molar-refractivity contribution in [3.8, 4) is 0 Å². The molecule has 0 atom stereocenters. The number of sulfonamides is 2.